The Balaban J connectivity index is 2.19. The van der Waals surface area contributed by atoms with E-state index in [0.717, 1.165) is 25.1 Å². The predicted molar refractivity (Wildman–Crippen MR) is 74.5 cm³/mol. The summed E-state index contributed by atoms with van der Waals surface area (Å²) in [4.78, 5) is 18.4. The number of amides is 1. The molecule has 0 aromatic carbocycles. The third-order valence-electron chi connectivity index (χ3n) is 3.61. The first-order chi connectivity index (χ1) is 8.93. The van der Waals surface area contributed by atoms with Crippen LogP contribution in [0, 0.1) is 6.92 Å². The van der Waals surface area contributed by atoms with Gasteiger partial charge in [0.1, 0.15) is 5.15 Å². The molecule has 0 saturated carbocycles. The van der Waals surface area contributed by atoms with Gasteiger partial charge in [0.05, 0.1) is 5.60 Å². The molecule has 0 spiro atoms. The number of aryl methyl sites for hydroxylation is 1. The number of piperidine rings is 1. The molecule has 19 heavy (non-hydrogen) atoms. The summed E-state index contributed by atoms with van der Waals surface area (Å²) in [6.45, 7) is 5.24. The maximum Gasteiger partial charge on any atom is 0.254 e. The number of pyridine rings is 1. The Kier molecular flexibility index (Phi) is 4.11. The number of likely N-dealkylation sites (tertiary alicyclic amines) is 1. The lowest BCUT2D eigenvalue weighted by Gasteiger charge is -2.39. The largest absolute Gasteiger partial charge is 0.377 e. The maximum atomic E-state index is 12.5. The van der Waals surface area contributed by atoms with E-state index in [1.54, 1.807) is 19.2 Å². The Hall–Kier alpha value is -1.13. The standard InChI is InChI=1S/C14H19ClN2O2/c1-10-7-11(8-12(15)16-10)13(18)17-6-4-5-14(2,9-17)19-3/h7-8H,4-6,9H2,1-3H3. The van der Waals surface area contributed by atoms with Crippen molar-refractivity contribution in [2.45, 2.75) is 32.3 Å². The van der Waals surface area contributed by atoms with Gasteiger partial charge in [0.15, 0.2) is 0 Å². The van der Waals surface area contributed by atoms with Crippen LogP contribution in [0.1, 0.15) is 35.8 Å². The van der Waals surface area contributed by atoms with Gasteiger partial charge in [-0.2, -0.15) is 0 Å². The molecule has 104 valence electrons. The number of halogens is 1. The van der Waals surface area contributed by atoms with E-state index in [1.807, 2.05) is 18.7 Å². The van der Waals surface area contributed by atoms with Crippen LogP contribution in [-0.2, 0) is 4.74 Å². The van der Waals surface area contributed by atoms with Crippen molar-refractivity contribution in [3.8, 4) is 0 Å². The fourth-order valence-corrected chi connectivity index (χ4v) is 2.73. The van der Waals surface area contributed by atoms with Crippen molar-refractivity contribution >= 4 is 17.5 Å². The zero-order valence-electron chi connectivity index (χ0n) is 11.6. The number of methoxy groups -OCH3 is 1. The summed E-state index contributed by atoms with van der Waals surface area (Å²) in [5.74, 6) is -0.00428. The number of ether oxygens (including phenoxy) is 1. The molecule has 1 unspecified atom stereocenters. The molecular formula is C14H19ClN2O2. The van der Waals surface area contributed by atoms with Gasteiger partial charge in [-0.1, -0.05) is 11.6 Å². The quantitative estimate of drug-likeness (QED) is 0.783. The molecule has 1 aromatic heterocycles. The van der Waals surface area contributed by atoms with E-state index < -0.39 is 0 Å². The molecule has 2 rings (SSSR count). The van der Waals surface area contributed by atoms with E-state index >= 15 is 0 Å². The number of nitrogens with zero attached hydrogens (tertiary/aromatic N) is 2. The highest BCUT2D eigenvalue weighted by Crippen LogP contribution is 2.25. The molecule has 1 aliphatic rings. The van der Waals surface area contributed by atoms with Gasteiger partial charge in [-0.3, -0.25) is 4.79 Å². The van der Waals surface area contributed by atoms with E-state index in [9.17, 15) is 4.79 Å². The Morgan fingerprint density at radius 1 is 1.53 bits per heavy atom. The molecule has 0 radical (unpaired) electrons. The number of hydrogen-bond acceptors (Lipinski definition) is 3. The Bertz CT molecular complexity index is 472. The number of hydrogen-bond donors (Lipinski definition) is 0. The minimum absolute atomic E-state index is 0.00428. The highest BCUT2D eigenvalue weighted by atomic mass is 35.5. The first-order valence-electron chi connectivity index (χ1n) is 6.42. The second kappa shape index (κ2) is 5.47. The normalized spacial score (nSPS) is 23.5. The summed E-state index contributed by atoms with van der Waals surface area (Å²) in [5.41, 5.74) is 1.10. The number of carbonyl (C=O) groups is 1. The van der Waals surface area contributed by atoms with E-state index in [2.05, 4.69) is 4.98 Å². The number of rotatable bonds is 2. The van der Waals surface area contributed by atoms with Crippen molar-refractivity contribution in [1.82, 2.24) is 9.88 Å². The summed E-state index contributed by atoms with van der Waals surface area (Å²) < 4.78 is 5.51. The van der Waals surface area contributed by atoms with Gasteiger partial charge in [-0.15, -0.1) is 0 Å². The molecule has 0 aliphatic carbocycles. The van der Waals surface area contributed by atoms with Crippen LogP contribution in [0.3, 0.4) is 0 Å². The van der Waals surface area contributed by atoms with E-state index in [4.69, 9.17) is 16.3 Å². The topological polar surface area (TPSA) is 42.4 Å². The lowest BCUT2D eigenvalue weighted by atomic mass is 9.94. The lowest BCUT2D eigenvalue weighted by Crippen LogP contribution is -2.49. The Labute approximate surface area is 118 Å². The molecule has 5 heteroatoms. The minimum Gasteiger partial charge on any atom is -0.377 e. The van der Waals surface area contributed by atoms with Gasteiger partial charge in [-0.25, -0.2) is 4.98 Å². The van der Waals surface area contributed by atoms with Gasteiger partial charge in [0, 0.05) is 31.5 Å². The van der Waals surface area contributed by atoms with Gasteiger partial charge in [0.25, 0.3) is 5.91 Å². The molecule has 1 fully saturated rings. The maximum absolute atomic E-state index is 12.5. The van der Waals surface area contributed by atoms with Crippen LogP contribution >= 0.6 is 11.6 Å². The summed E-state index contributed by atoms with van der Waals surface area (Å²) in [6, 6.07) is 3.39. The second-order valence-electron chi connectivity index (χ2n) is 5.30. The van der Waals surface area contributed by atoms with Crippen LogP contribution in [0.4, 0.5) is 0 Å². The number of carbonyl (C=O) groups excluding carboxylic acids is 1. The third kappa shape index (κ3) is 3.25. The summed E-state index contributed by atoms with van der Waals surface area (Å²) in [5, 5.41) is 0.356. The van der Waals surface area contributed by atoms with Crippen molar-refractivity contribution < 1.29 is 9.53 Å². The van der Waals surface area contributed by atoms with E-state index in [-0.39, 0.29) is 11.5 Å². The van der Waals surface area contributed by atoms with Gasteiger partial charge in [0.2, 0.25) is 0 Å². The molecule has 1 aliphatic heterocycles. The fraction of sp³-hybridized carbons (Fsp3) is 0.571. The van der Waals surface area contributed by atoms with Crippen LogP contribution in [0.15, 0.2) is 12.1 Å². The molecule has 1 aromatic rings. The van der Waals surface area contributed by atoms with Crippen LogP contribution in [0.2, 0.25) is 5.15 Å². The first-order valence-corrected chi connectivity index (χ1v) is 6.80. The molecule has 4 nitrogen and oxygen atoms in total. The highest BCUT2D eigenvalue weighted by Gasteiger charge is 2.33. The molecule has 1 atom stereocenters. The first kappa shape index (κ1) is 14.3. The van der Waals surface area contributed by atoms with E-state index in [1.165, 1.54) is 0 Å². The van der Waals surface area contributed by atoms with Crippen molar-refractivity contribution in [2.75, 3.05) is 20.2 Å². The van der Waals surface area contributed by atoms with Crippen molar-refractivity contribution in [1.29, 1.82) is 0 Å². The minimum atomic E-state index is -0.250. The SMILES string of the molecule is COC1(C)CCCN(C(=O)c2cc(C)nc(Cl)c2)C1. The van der Waals surface area contributed by atoms with E-state index in [0.29, 0.717) is 17.3 Å². The molecular weight excluding hydrogens is 264 g/mol. The van der Waals surface area contributed by atoms with Gasteiger partial charge >= 0.3 is 0 Å². The van der Waals surface area contributed by atoms with Gasteiger partial charge < -0.3 is 9.64 Å². The molecule has 1 saturated heterocycles. The monoisotopic (exact) mass is 282 g/mol. The smallest absolute Gasteiger partial charge is 0.254 e. The Morgan fingerprint density at radius 3 is 2.89 bits per heavy atom. The molecule has 2 heterocycles. The zero-order valence-corrected chi connectivity index (χ0v) is 12.3. The average molecular weight is 283 g/mol. The summed E-state index contributed by atoms with van der Waals surface area (Å²) >= 11 is 5.91. The van der Waals surface area contributed by atoms with Crippen LogP contribution in [0.25, 0.3) is 0 Å². The highest BCUT2D eigenvalue weighted by molar-refractivity contribution is 6.29. The molecule has 0 bridgehead atoms. The zero-order chi connectivity index (χ0) is 14.0. The van der Waals surface area contributed by atoms with Crippen molar-refractivity contribution in [2.24, 2.45) is 0 Å². The van der Waals surface area contributed by atoms with Crippen LogP contribution in [-0.4, -0.2) is 41.6 Å². The second-order valence-corrected chi connectivity index (χ2v) is 5.69. The van der Waals surface area contributed by atoms with Crippen molar-refractivity contribution in [3.63, 3.8) is 0 Å². The average Bonchev–Trinajstić information content (AvgIpc) is 2.37. The number of aromatic nitrogens is 1. The Morgan fingerprint density at radius 2 is 2.26 bits per heavy atom. The summed E-state index contributed by atoms with van der Waals surface area (Å²) in [6.07, 6.45) is 1.93. The molecule has 1 amide bonds. The van der Waals surface area contributed by atoms with Crippen LogP contribution < -0.4 is 0 Å². The predicted octanol–water partition coefficient (Wildman–Crippen LogP) is 2.68. The molecule has 0 N–H and O–H groups in total. The van der Waals surface area contributed by atoms with Gasteiger partial charge in [-0.05, 0) is 38.8 Å². The summed E-state index contributed by atoms with van der Waals surface area (Å²) in [7, 11) is 1.70. The lowest BCUT2D eigenvalue weighted by molar-refractivity contribution is -0.0440. The fourth-order valence-electron chi connectivity index (χ4n) is 2.48. The van der Waals surface area contributed by atoms with Crippen LogP contribution in [0.5, 0.6) is 0 Å². The third-order valence-corrected chi connectivity index (χ3v) is 3.80. The van der Waals surface area contributed by atoms with Crippen molar-refractivity contribution in [3.05, 3.63) is 28.5 Å².